The number of ether oxygens (including phenoxy) is 1. The number of anilines is 1. The van der Waals surface area contributed by atoms with Crippen LogP contribution in [0.4, 0.5) is 5.69 Å². The topological polar surface area (TPSA) is 55.4 Å². The number of rotatable bonds is 7. The predicted molar refractivity (Wildman–Crippen MR) is 96.5 cm³/mol. The van der Waals surface area contributed by atoms with Gasteiger partial charge >= 0.3 is 5.97 Å². The Morgan fingerprint density at radius 2 is 2.04 bits per heavy atom. The first kappa shape index (κ1) is 18.1. The molecule has 0 saturated carbocycles. The van der Waals surface area contributed by atoms with Crippen molar-refractivity contribution < 1.29 is 14.3 Å². The third-order valence-electron chi connectivity index (χ3n) is 2.63. The first-order valence-corrected chi connectivity index (χ1v) is 9.35. The molecular formula is C15H13Cl2NO3S2. The van der Waals surface area contributed by atoms with Crippen molar-refractivity contribution >= 4 is 63.9 Å². The number of carbonyl (C=O) groups is 2. The third-order valence-corrected chi connectivity index (χ3v) is 5.47. The molecule has 1 N–H and O–H groups in total. The lowest BCUT2D eigenvalue weighted by Crippen LogP contribution is -2.21. The standard InChI is InChI=1S/C15H13Cl2NO3S2/c16-11-4-1-5-12(15(11)17)18-13(19)7-21-14(20)9-22-8-10-3-2-6-23-10/h1-6H,7-9H2,(H,18,19). The Morgan fingerprint density at radius 3 is 2.78 bits per heavy atom. The maximum Gasteiger partial charge on any atom is 0.316 e. The quantitative estimate of drug-likeness (QED) is 0.709. The molecule has 0 unspecified atom stereocenters. The first-order valence-electron chi connectivity index (χ1n) is 6.56. The van der Waals surface area contributed by atoms with Crippen LogP contribution in [0.2, 0.25) is 10.0 Å². The van der Waals surface area contributed by atoms with E-state index in [1.807, 2.05) is 17.5 Å². The van der Waals surface area contributed by atoms with E-state index in [9.17, 15) is 9.59 Å². The molecule has 1 heterocycles. The zero-order valence-electron chi connectivity index (χ0n) is 11.9. The lowest BCUT2D eigenvalue weighted by atomic mass is 10.3. The average molecular weight is 390 g/mol. The van der Waals surface area contributed by atoms with Crippen LogP contribution < -0.4 is 5.32 Å². The molecule has 0 bridgehead atoms. The summed E-state index contributed by atoms with van der Waals surface area (Å²) in [6.07, 6.45) is 0. The number of carbonyl (C=O) groups excluding carboxylic acids is 2. The number of thiophene rings is 1. The fraction of sp³-hybridized carbons (Fsp3) is 0.200. The van der Waals surface area contributed by atoms with Gasteiger partial charge in [-0.05, 0) is 23.6 Å². The highest BCUT2D eigenvalue weighted by Gasteiger charge is 2.11. The highest BCUT2D eigenvalue weighted by Crippen LogP contribution is 2.29. The van der Waals surface area contributed by atoms with Crippen molar-refractivity contribution in [1.82, 2.24) is 0 Å². The van der Waals surface area contributed by atoms with Crippen LogP contribution in [-0.2, 0) is 20.1 Å². The van der Waals surface area contributed by atoms with Crippen LogP contribution in [0.5, 0.6) is 0 Å². The molecule has 1 aromatic carbocycles. The summed E-state index contributed by atoms with van der Waals surface area (Å²) in [6.45, 7) is -0.360. The molecule has 23 heavy (non-hydrogen) atoms. The number of hydrogen-bond acceptors (Lipinski definition) is 5. The molecule has 1 aromatic heterocycles. The van der Waals surface area contributed by atoms with Crippen LogP contribution >= 0.6 is 46.3 Å². The second kappa shape index (κ2) is 9.17. The van der Waals surface area contributed by atoms with Gasteiger partial charge in [0, 0.05) is 10.6 Å². The zero-order chi connectivity index (χ0) is 16.7. The smallest absolute Gasteiger partial charge is 0.316 e. The monoisotopic (exact) mass is 389 g/mol. The van der Waals surface area contributed by atoms with Crippen LogP contribution in [0.1, 0.15) is 4.88 Å². The van der Waals surface area contributed by atoms with E-state index in [4.69, 9.17) is 27.9 Å². The Labute approximate surface area is 152 Å². The Kier molecular flexibility index (Phi) is 7.23. The van der Waals surface area contributed by atoms with Crippen LogP contribution in [-0.4, -0.2) is 24.2 Å². The Hall–Kier alpha value is -1.21. The second-order valence-corrected chi connectivity index (χ2v) is 7.19. The van der Waals surface area contributed by atoms with E-state index >= 15 is 0 Å². The van der Waals surface area contributed by atoms with Crippen LogP contribution in [0.3, 0.4) is 0 Å². The van der Waals surface area contributed by atoms with Gasteiger partial charge in [0.1, 0.15) is 0 Å². The molecule has 0 fully saturated rings. The lowest BCUT2D eigenvalue weighted by Gasteiger charge is -2.08. The minimum absolute atomic E-state index is 0.198. The van der Waals surface area contributed by atoms with Crippen LogP contribution in [0.15, 0.2) is 35.7 Å². The van der Waals surface area contributed by atoms with Gasteiger partial charge in [0.05, 0.1) is 21.5 Å². The van der Waals surface area contributed by atoms with Gasteiger partial charge < -0.3 is 10.1 Å². The number of halogens is 2. The minimum atomic E-state index is -0.467. The number of benzene rings is 1. The first-order chi connectivity index (χ1) is 11.1. The van der Waals surface area contributed by atoms with Crippen molar-refractivity contribution in [2.75, 3.05) is 17.7 Å². The van der Waals surface area contributed by atoms with E-state index in [0.29, 0.717) is 10.7 Å². The largest absolute Gasteiger partial charge is 0.455 e. The van der Waals surface area contributed by atoms with Gasteiger partial charge in [0.2, 0.25) is 0 Å². The van der Waals surface area contributed by atoms with Crippen molar-refractivity contribution in [1.29, 1.82) is 0 Å². The van der Waals surface area contributed by atoms with Gasteiger partial charge in [-0.3, -0.25) is 9.59 Å². The molecule has 0 aliphatic carbocycles. The van der Waals surface area contributed by atoms with Crippen molar-refractivity contribution in [2.24, 2.45) is 0 Å². The van der Waals surface area contributed by atoms with E-state index in [0.717, 1.165) is 5.75 Å². The highest BCUT2D eigenvalue weighted by molar-refractivity contribution is 7.99. The molecule has 2 rings (SSSR count). The van der Waals surface area contributed by atoms with E-state index in [-0.39, 0.29) is 17.4 Å². The molecule has 0 radical (unpaired) electrons. The van der Waals surface area contributed by atoms with Gasteiger partial charge in [0.25, 0.3) is 5.91 Å². The van der Waals surface area contributed by atoms with Crippen molar-refractivity contribution in [3.05, 3.63) is 50.6 Å². The highest BCUT2D eigenvalue weighted by atomic mass is 35.5. The Morgan fingerprint density at radius 1 is 1.22 bits per heavy atom. The molecule has 122 valence electrons. The fourth-order valence-corrected chi connectivity index (χ4v) is 3.61. The minimum Gasteiger partial charge on any atom is -0.455 e. The van der Waals surface area contributed by atoms with Gasteiger partial charge in [-0.2, -0.15) is 0 Å². The molecule has 2 aromatic rings. The maximum atomic E-state index is 11.7. The second-order valence-electron chi connectivity index (χ2n) is 4.38. The number of hydrogen-bond donors (Lipinski definition) is 1. The molecule has 0 spiro atoms. The zero-order valence-corrected chi connectivity index (χ0v) is 15.0. The number of nitrogens with one attached hydrogen (secondary N) is 1. The van der Waals surface area contributed by atoms with Gasteiger partial charge in [0.15, 0.2) is 6.61 Å². The fourth-order valence-electron chi connectivity index (χ4n) is 1.60. The summed E-state index contributed by atoms with van der Waals surface area (Å²) in [5.74, 6) is 0.0462. The van der Waals surface area contributed by atoms with Gasteiger partial charge in [-0.1, -0.05) is 35.3 Å². The van der Waals surface area contributed by atoms with Crippen molar-refractivity contribution in [3.63, 3.8) is 0 Å². The van der Waals surface area contributed by atoms with Crippen LogP contribution in [0.25, 0.3) is 0 Å². The third kappa shape index (κ3) is 6.06. The summed E-state index contributed by atoms with van der Waals surface area (Å²) in [4.78, 5) is 24.5. The van der Waals surface area contributed by atoms with Crippen LogP contribution in [0, 0.1) is 0 Å². The molecule has 0 saturated heterocycles. The molecule has 1 amide bonds. The van der Waals surface area contributed by atoms with E-state index in [2.05, 4.69) is 5.32 Å². The number of thioether (sulfide) groups is 1. The Balaban J connectivity index is 1.69. The summed E-state index contributed by atoms with van der Waals surface area (Å²) in [7, 11) is 0. The molecule has 0 aliphatic rings. The molecule has 0 atom stereocenters. The van der Waals surface area contributed by atoms with E-state index < -0.39 is 11.9 Å². The molecular weight excluding hydrogens is 377 g/mol. The molecule has 0 aliphatic heterocycles. The number of amides is 1. The lowest BCUT2D eigenvalue weighted by molar-refractivity contribution is -0.144. The van der Waals surface area contributed by atoms with Gasteiger partial charge in [-0.15, -0.1) is 23.1 Å². The summed E-state index contributed by atoms with van der Waals surface area (Å²) >= 11 is 14.9. The number of esters is 1. The normalized spacial score (nSPS) is 10.3. The molecule has 8 heteroatoms. The summed E-state index contributed by atoms with van der Waals surface area (Å²) in [5, 5.41) is 5.12. The molecule has 4 nitrogen and oxygen atoms in total. The SMILES string of the molecule is O=C(COC(=O)CSCc1cccs1)Nc1cccc(Cl)c1Cl. The average Bonchev–Trinajstić information content (AvgIpc) is 3.03. The Bertz CT molecular complexity index is 677. The van der Waals surface area contributed by atoms with E-state index in [1.54, 1.807) is 29.5 Å². The van der Waals surface area contributed by atoms with Crippen molar-refractivity contribution in [2.45, 2.75) is 5.75 Å². The maximum absolute atomic E-state index is 11.7. The van der Waals surface area contributed by atoms with Gasteiger partial charge in [-0.25, -0.2) is 0 Å². The summed E-state index contributed by atoms with van der Waals surface area (Å²) in [5.41, 5.74) is 0.382. The summed E-state index contributed by atoms with van der Waals surface area (Å²) < 4.78 is 4.92. The van der Waals surface area contributed by atoms with E-state index in [1.165, 1.54) is 16.6 Å². The summed E-state index contributed by atoms with van der Waals surface area (Å²) in [6, 6.07) is 8.86. The predicted octanol–water partition coefficient (Wildman–Crippen LogP) is 4.47. The van der Waals surface area contributed by atoms with Crippen molar-refractivity contribution in [3.8, 4) is 0 Å².